The summed E-state index contributed by atoms with van der Waals surface area (Å²) in [5.74, 6) is 0.314. The van der Waals surface area contributed by atoms with Crippen LogP contribution in [-0.4, -0.2) is 81.8 Å². The van der Waals surface area contributed by atoms with E-state index in [0.717, 1.165) is 21.9 Å². The number of fused-ring (bicyclic) bond motifs is 1. The zero-order valence-corrected chi connectivity index (χ0v) is 31.0. The van der Waals surface area contributed by atoms with Crippen LogP contribution >= 0.6 is 0 Å². The molecule has 1 heterocycles. The van der Waals surface area contributed by atoms with Gasteiger partial charge in [0.25, 0.3) is 5.89 Å². The van der Waals surface area contributed by atoms with Crippen molar-refractivity contribution in [3.05, 3.63) is 108 Å². The Morgan fingerprint density at radius 2 is 1.57 bits per heavy atom. The molecule has 0 aliphatic carbocycles. The molecule has 0 aliphatic rings. The molecule has 0 saturated carbocycles. The second kappa shape index (κ2) is 17.3. The van der Waals surface area contributed by atoms with Crippen molar-refractivity contribution in [1.82, 2.24) is 25.3 Å². The Morgan fingerprint density at radius 1 is 0.882 bits per heavy atom. The van der Waals surface area contributed by atoms with Crippen LogP contribution in [0.3, 0.4) is 0 Å². The first kappa shape index (κ1) is 38.8. The number of amides is 3. The van der Waals surface area contributed by atoms with Crippen molar-refractivity contribution in [3.8, 4) is 0 Å². The van der Waals surface area contributed by atoms with E-state index in [-0.39, 0.29) is 31.1 Å². The minimum absolute atomic E-state index is 0.108. The van der Waals surface area contributed by atoms with Crippen LogP contribution in [-0.2, 0) is 38.5 Å². The average molecular weight is 698 g/mol. The fourth-order valence-electron chi connectivity index (χ4n) is 5.63. The number of aryl methyl sites for hydroxylation is 1. The summed E-state index contributed by atoms with van der Waals surface area (Å²) >= 11 is 0. The van der Waals surface area contributed by atoms with E-state index in [4.69, 9.17) is 14.0 Å². The molecule has 0 bridgehead atoms. The summed E-state index contributed by atoms with van der Waals surface area (Å²) in [4.78, 5) is 48.0. The molecular formula is C40H51N5O6. The Bertz CT molecular complexity index is 1800. The maximum absolute atomic E-state index is 14.5. The van der Waals surface area contributed by atoms with Crippen LogP contribution in [0.25, 0.3) is 10.8 Å². The molecule has 11 heteroatoms. The van der Waals surface area contributed by atoms with E-state index in [9.17, 15) is 14.4 Å². The number of alkyl carbamates (subject to hydrolysis) is 1. The number of nitrogens with one attached hydrogen (secondary N) is 1. The SMILES string of the molecule is Cc1noc(COC[C@@H](Cc2ccccc2)N(C)C(=O)[C@@H](Cc2ccc3ccccc3c2)N(C)C(=O)C=CCC(C)(C)NC(=O)OC(C)(C)C)n1. The highest BCUT2D eigenvalue weighted by Crippen LogP contribution is 2.21. The van der Waals surface area contributed by atoms with Crippen molar-refractivity contribution < 1.29 is 28.4 Å². The van der Waals surface area contributed by atoms with Gasteiger partial charge in [-0.05, 0) is 82.4 Å². The number of nitrogens with zero attached hydrogens (tertiary/aromatic N) is 4. The molecule has 0 unspecified atom stereocenters. The molecule has 0 aliphatic heterocycles. The molecule has 0 spiro atoms. The normalized spacial score (nSPS) is 13.2. The molecule has 0 saturated heterocycles. The molecule has 2 atom stereocenters. The lowest BCUT2D eigenvalue weighted by Crippen LogP contribution is -2.53. The first-order chi connectivity index (χ1) is 24.1. The molecule has 0 fully saturated rings. The van der Waals surface area contributed by atoms with Gasteiger partial charge in [0.15, 0.2) is 5.82 Å². The first-order valence-electron chi connectivity index (χ1n) is 17.2. The highest BCUT2D eigenvalue weighted by atomic mass is 16.6. The standard InChI is InChI=1S/C40H51N5O6/c1-28-41-35(51-43-28)27-49-26-33(24-29-15-10-9-11-16-29)44(7)37(47)34(25-30-20-21-31-17-12-13-18-32(31)23-30)45(8)36(46)19-14-22-40(5,6)42-38(48)50-39(2,3)4/h9-21,23,33-34H,22,24-27H2,1-8H3,(H,42,48)/t33-,34-/m1/s1. The molecular weight excluding hydrogens is 646 g/mol. The smallest absolute Gasteiger partial charge is 0.408 e. The van der Waals surface area contributed by atoms with Gasteiger partial charge in [-0.25, -0.2) is 4.79 Å². The van der Waals surface area contributed by atoms with Crippen LogP contribution in [0.1, 0.15) is 63.9 Å². The number of aromatic nitrogens is 2. The number of ether oxygens (including phenoxy) is 2. The predicted octanol–water partition coefficient (Wildman–Crippen LogP) is 6.44. The zero-order valence-electron chi connectivity index (χ0n) is 31.0. The Kier molecular flexibility index (Phi) is 13.1. The summed E-state index contributed by atoms with van der Waals surface area (Å²) in [6.45, 7) is 11.2. The van der Waals surface area contributed by atoms with Gasteiger partial charge < -0.3 is 29.1 Å². The van der Waals surface area contributed by atoms with Gasteiger partial charge in [0.1, 0.15) is 18.2 Å². The number of hydrogen-bond donors (Lipinski definition) is 1. The summed E-state index contributed by atoms with van der Waals surface area (Å²) in [7, 11) is 3.40. The van der Waals surface area contributed by atoms with Crippen LogP contribution in [0.5, 0.6) is 0 Å². The quantitative estimate of drug-likeness (QED) is 0.141. The molecule has 3 aromatic carbocycles. The summed E-state index contributed by atoms with van der Waals surface area (Å²) < 4.78 is 16.6. The van der Waals surface area contributed by atoms with Gasteiger partial charge in [0.2, 0.25) is 11.8 Å². The number of rotatable bonds is 15. The van der Waals surface area contributed by atoms with Crippen LogP contribution in [0.2, 0.25) is 0 Å². The van der Waals surface area contributed by atoms with Gasteiger partial charge in [-0.3, -0.25) is 9.59 Å². The number of likely N-dealkylation sites (N-methyl/N-ethyl adjacent to an activating group) is 2. The third kappa shape index (κ3) is 12.1. The second-order valence-corrected chi connectivity index (χ2v) is 14.5. The van der Waals surface area contributed by atoms with Crippen LogP contribution in [0, 0.1) is 6.92 Å². The third-order valence-electron chi connectivity index (χ3n) is 8.39. The maximum atomic E-state index is 14.5. The Balaban J connectivity index is 1.56. The molecule has 272 valence electrons. The Morgan fingerprint density at radius 3 is 2.24 bits per heavy atom. The maximum Gasteiger partial charge on any atom is 0.408 e. The molecule has 0 radical (unpaired) electrons. The summed E-state index contributed by atoms with van der Waals surface area (Å²) in [6, 6.07) is 22.8. The number of hydrogen-bond acceptors (Lipinski definition) is 8. The summed E-state index contributed by atoms with van der Waals surface area (Å²) in [5, 5.41) is 8.82. The van der Waals surface area contributed by atoms with Crippen molar-refractivity contribution in [2.24, 2.45) is 0 Å². The van der Waals surface area contributed by atoms with Gasteiger partial charge in [0.05, 0.1) is 12.6 Å². The van der Waals surface area contributed by atoms with E-state index < -0.39 is 23.3 Å². The topological polar surface area (TPSA) is 127 Å². The van der Waals surface area contributed by atoms with E-state index in [1.54, 1.807) is 52.8 Å². The molecule has 4 rings (SSSR count). The highest BCUT2D eigenvalue weighted by Gasteiger charge is 2.32. The van der Waals surface area contributed by atoms with Gasteiger partial charge >= 0.3 is 6.09 Å². The fraction of sp³-hybridized carbons (Fsp3) is 0.425. The van der Waals surface area contributed by atoms with Crippen LogP contribution in [0.4, 0.5) is 4.79 Å². The zero-order chi connectivity index (χ0) is 37.2. The van der Waals surface area contributed by atoms with Crippen molar-refractivity contribution in [2.75, 3.05) is 20.7 Å². The highest BCUT2D eigenvalue weighted by molar-refractivity contribution is 5.93. The lowest BCUT2D eigenvalue weighted by molar-refractivity contribution is -0.144. The lowest BCUT2D eigenvalue weighted by atomic mass is 9.98. The van der Waals surface area contributed by atoms with Gasteiger partial charge in [-0.15, -0.1) is 0 Å². The van der Waals surface area contributed by atoms with E-state index in [0.29, 0.717) is 31.0 Å². The van der Waals surface area contributed by atoms with Crippen molar-refractivity contribution in [2.45, 2.75) is 90.6 Å². The van der Waals surface area contributed by atoms with E-state index in [1.165, 1.54) is 11.0 Å². The first-order valence-corrected chi connectivity index (χ1v) is 17.2. The lowest BCUT2D eigenvalue weighted by Gasteiger charge is -2.35. The molecule has 51 heavy (non-hydrogen) atoms. The van der Waals surface area contributed by atoms with Crippen LogP contribution < -0.4 is 5.32 Å². The number of benzene rings is 3. The molecule has 3 amide bonds. The van der Waals surface area contributed by atoms with E-state index >= 15 is 0 Å². The number of carbonyl (C=O) groups excluding carboxylic acids is 3. The summed E-state index contributed by atoms with van der Waals surface area (Å²) in [6.07, 6.45) is 3.83. The average Bonchev–Trinajstić information content (AvgIpc) is 3.49. The Labute approximate surface area is 301 Å². The van der Waals surface area contributed by atoms with Gasteiger partial charge in [-0.1, -0.05) is 84.0 Å². The van der Waals surface area contributed by atoms with Crippen molar-refractivity contribution >= 4 is 28.7 Å². The second-order valence-electron chi connectivity index (χ2n) is 14.5. The monoisotopic (exact) mass is 697 g/mol. The number of carbonyl (C=O) groups is 3. The largest absolute Gasteiger partial charge is 0.444 e. The molecule has 1 aromatic heterocycles. The van der Waals surface area contributed by atoms with Crippen molar-refractivity contribution in [1.29, 1.82) is 0 Å². The van der Waals surface area contributed by atoms with Gasteiger partial charge in [0, 0.05) is 26.1 Å². The Hall–Kier alpha value is -5.03. The van der Waals surface area contributed by atoms with E-state index in [1.807, 2.05) is 80.6 Å². The molecule has 1 N–H and O–H groups in total. The minimum atomic E-state index is -0.821. The summed E-state index contributed by atoms with van der Waals surface area (Å²) in [5.41, 5.74) is 0.659. The molecule has 11 nitrogen and oxygen atoms in total. The van der Waals surface area contributed by atoms with Crippen molar-refractivity contribution in [3.63, 3.8) is 0 Å². The fourth-order valence-corrected chi connectivity index (χ4v) is 5.63. The molecule has 4 aromatic rings. The predicted molar refractivity (Wildman–Crippen MR) is 197 cm³/mol. The van der Waals surface area contributed by atoms with Crippen LogP contribution in [0.15, 0.2) is 89.5 Å². The minimum Gasteiger partial charge on any atom is -0.444 e. The van der Waals surface area contributed by atoms with Gasteiger partial charge in [-0.2, -0.15) is 4.98 Å². The van der Waals surface area contributed by atoms with E-state index in [2.05, 4.69) is 21.5 Å². The third-order valence-corrected chi connectivity index (χ3v) is 8.39.